The fraction of sp³-hybridized carbons (Fsp3) is 0.200. The van der Waals surface area contributed by atoms with Crippen LogP contribution in [0.3, 0.4) is 0 Å². The molecule has 0 saturated carbocycles. The van der Waals surface area contributed by atoms with E-state index in [-0.39, 0.29) is 6.42 Å². The smallest absolute Gasteiger partial charge is 0.159 e. The average Bonchev–Trinajstić information content (AvgIpc) is 2.42. The lowest BCUT2D eigenvalue weighted by molar-refractivity contribution is 0.0655. The van der Waals surface area contributed by atoms with Gasteiger partial charge in [-0.05, 0) is 35.9 Å². The van der Waals surface area contributed by atoms with Gasteiger partial charge in [-0.3, -0.25) is 0 Å². The van der Waals surface area contributed by atoms with Crippen LogP contribution in [0.5, 0.6) is 5.75 Å². The largest absolute Gasteiger partial charge is 0.485 e. The van der Waals surface area contributed by atoms with Crippen LogP contribution in [-0.2, 0) is 0 Å². The zero-order valence-corrected chi connectivity index (χ0v) is 11.1. The number of aliphatic hydroxyl groups is 1. The number of rotatable bonds is 1. The minimum atomic E-state index is -0.928. The zero-order valence-electron chi connectivity index (χ0n) is 10.3. The normalized spacial score (nSPS) is 21.2. The molecule has 0 aliphatic carbocycles. The van der Waals surface area contributed by atoms with E-state index in [4.69, 9.17) is 16.3 Å². The van der Waals surface area contributed by atoms with Gasteiger partial charge in [-0.25, -0.2) is 8.78 Å². The second kappa shape index (κ2) is 5.04. The van der Waals surface area contributed by atoms with Gasteiger partial charge < -0.3 is 9.84 Å². The monoisotopic (exact) mass is 296 g/mol. The Labute approximate surface area is 119 Å². The molecule has 1 aliphatic rings. The minimum absolute atomic E-state index is 0.262. The lowest BCUT2D eigenvalue weighted by Crippen LogP contribution is -2.19. The Morgan fingerprint density at radius 1 is 1.10 bits per heavy atom. The number of hydrogen-bond donors (Lipinski definition) is 1. The third-order valence-corrected chi connectivity index (χ3v) is 3.59. The molecule has 0 radical (unpaired) electrons. The van der Waals surface area contributed by atoms with E-state index in [0.29, 0.717) is 21.9 Å². The molecule has 1 heterocycles. The number of ether oxygens (including phenoxy) is 1. The first-order valence-electron chi connectivity index (χ1n) is 6.13. The Bertz CT molecular complexity index is 660. The molecule has 0 bridgehead atoms. The molecule has 2 nitrogen and oxygen atoms in total. The molecule has 104 valence electrons. The second-order valence-electron chi connectivity index (χ2n) is 4.71. The highest BCUT2D eigenvalue weighted by Gasteiger charge is 2.28. The summed E-state index contributed by atoms with van der Waals surface area (Å²) in [5.74, 6) is -1.33. The molecule has 2 aromatic carbocycles. The molecule has 0 amide bonds. The van der Waals surface area contributed by atoms with Crippen molar-refractivity contribution in [3.63, 3.8) is 0 Å². The zero-order chi connectivity index (χ0) is 14.3. The van der Waals surface area contributed by atoms with Crippen molar-refractivity contribution in [2.45, 2.75) is 18.6 Å². The Kier molecular flexibility index (Phi) is 3.36. The summed E-state index contributed by atoms with van der Waals surface area (Å²) in [7, 11) is 0. The summed E-state index contributed by atoms with van der Waals surface area (Å²) in [5.41, 5.74) is 1.10. The van der Waals surface area contributed by atoms with Crippen molar-refractivity contribution >= 4 is 11.6 Å². The lowest BCUT2D eigenvalue weighted by Gasteiger charge is -2.30. The van der Waals surface area contributed by atoms with Crippen molar-refractivity contribution in [3.05, 3.63) is 64.2 Å². The molecule has 0 aromatic heterocycles. The Hall–Kier alpha value is -1.65. The van der Waals surface area contributed by atoms with E-state index in [2.05, 4.69) is 0 Å². The van der Waals surface area contributed by atoms with Gasteiger partial charge in [0.25, 0.3) is 0 Å². The van der Waals surface area contributed by atoms with Crippen LogP contribution in [0.15, 0.2) is 36.4 Å². The summed E-state index contributed by atoms with van der Waals surface area (Å²) in [6.45, 7) is 0. The van der Waals surface area contributed by atoms with Gasteiger partial charge in [0.1, 0.15) is 11.9 Å². The standard InChI is InChI=1S/C15H11ClF2O2/c16-9-2-4-14-10(6-9)13(19)7-15(20-14)8-1-3-11(17)12(18)5-8/h1-6,13,15,19H,7H2/t13-,15?/m0/s1. The number of halogens is 3. The van der Waals surface area contributed by atoms with Crippen LogP contribution in [0.1, 0.15) is 29.8 Å². The van der Waals surface area contributed by atoms with E-state index in [1.165, 1.54) is 6.07 Å². The van der Waals surface area contributed by atoms with Gasteiger partial charge in [-0.15, -0.1) is 0 Å². The van der Waals surface area contributed by atoms with E-state index in [0.717, 1.165) is 12.1 Å². The van der Waals surface area contributed by atoms with E-state index in [9.17, 15) is 13.9 Å². The van der Waals surface area contributed by atoms with E-state index in [1.54, 1.807) is 18.2 Å². The molecule has 0 saturated heterocycles. The van der Waals surface area contributed by atoms with E-state index in [1.807, 2.05) is 0 Å². The van der Waals surface area contributed by atoms with Gasteiger partial charge in [0.05, 0.1) is 6.10 Å². The van der Waals surface area contributed by atoms with Gasteiger partial charge in [0, 0.05) is 17.0 Å². The molecule has 0 spiro atoms. The topological polar surface area (TPSA) is 29.5 Å². The van der Waals surface area contributed by atoms with Crippen LogP contribution < -0.4 is 4.74 Å². The predicted molar refractivity (Wildman–Crippen MR) is 70.8 cm³/mol. The maximum Gasteiger partial charge on any atom is 0.159 e. The highest BCUT2D eigenvalue weighted by molar-refractivity contribution is 6.30. The van der Waals surface area contributed by atoms with Gasteiger partial charge in [0.15, 0.2) is 11.6 Å². The molecular weight excluding hydrogens is 286 g/mol. The predicted octanol–water partition coefficient (Wildman–Crippen LogP) is 4.18. The SMILES string of the molecule is O[C@H]1CC(c2ccc(F)c(F)c2)Oc2ccc(Cl)cc21. The summed E-state index contributed by atoms with van der Waals surface area (Å²) < 4.78 is 31.9. The van der Waals surface area contributed by atoms with Crippen LogP contribution in [0.25, 0.3) is 0 Å². The fourth-order valence-corrected chi connectivity index (χ4v) is 2.52. The fourth-order valence-electron chi connectivity index (χ4n) is 2.33. The summed E-state index contributed by atoms with van der Waals surface area (Å²) in [6.07, 6.45) is -1.01. The van der Waals surface area contributed by atoms with Crippen LogP contribution in [0.2, 0.25) is 5.02 Å². The quantitative estimate of drug-likeness (QED) is 0.855. The highest BCUT2D eigenvalue weighted by atomic mass is 35.5. The molecule has 2 atom stereocenters. The number of hydrogen-bond acceptors (Lipinski definition) is 2. The molecule has 2 aromatic rings. The third kappa shape index (κ3) is 2.37. The summed E-state index contributed by atoms with van der Waals surface area (Å²) >= 11 is 5.88. The maximum absolute atomic E-state index is 13.3. The first-order chi connectivity index (χ1) is 9.54. The molecule has 20 heavy (non-hydrogen) atoms. The first-order valence-corrected chi connectivity index (χ1v) is 6.51. The minimum Gasteiger partial charge on any atom is -0.485 e. The second-order valence-corrected chi connectivity index (χ2v) is 5.15. The summed E-state index contributed by atoms with van der Waals surface area (Å²) in [5, 5.41) is 10.6. The van der Waals surface area contributed by atoms with Crippen LogP contribution in [0, 0.1) is 11.6 Å². The molecule has 1 unspecified atom stereocenters. The van der Waals surface area contributed by atoms with Crippen LogP contribution >= 0.6 is 11.6 Å². The number of benzene rings is 2. The summed E-state index contributed by atoms with van der Waals surface area (Å²) in [6, 6.07) is 8.55. The van der Waals surface area contributed by atoms with Crippen molar-refractivity contribution in [3.8, 4) is 5.75 Å². The number of fused-ring (bicyclic) bond motifs is 1. The molecule has 3 rings (SSSR count). The molecule has 0 fully saturated rings. The average molecular weight is 297 g/mol. The Morgan fingerprint density at radius 3 is 2.65 bits per heavy atom. The highest BCUT2D eigenvalue weighted by Crippen LogP contribution is 2.41. The van der Waals surface area contributed by atoms with E-state index < -0.39 is 23.8 Å². The number of aliphatic hydroxyl groups excluding tert-OH is 1. The Balaban J connectivity index is 1.94. The van der Waals surface area contributed by atoms with Crippen molar-refractivity contribution in [2.24, 2.45) is 0 Å². The van der Waals surface area contributed by atoms with Gasteiger partial charge in [-0.2, -0.15) is 0 Å². The first kappa shape index (κ1) is 13.3. The van der Waals surface area contributed by atoms with Crippen LogP contribution in [0.4, 0.5) is 8.78 Å². The summed E-state index contributed by atoms with van der Waals surface area (Å²) in [4.78, 5) is 0. The molecule has 5 heteroatoms. The molecule has 1 N–H and O–H groups in total. The van der Waals surface area contributed by atoms with Gasteiger partial charge in [-0.1, -0.05) is 17.7 Å². The maximum atomic E-state index is 13.3. The van der Waals surface area contributed by atoms with Gasteiger partial charge >= 0.3 is 0 Å². The van der Waals surface area contributed by atoms with Gasteiger partial charge in [0.2, 0.25) is 0 Å². The molecule has 1 aliphatic heterocycles. The molecular formula is C15H11ClF2O2. The van der Waals surface area contributed by atoms with Crippen molar-refractivity contribution in [1.29, 1.82) is 0 Å². The van der Waals surface area contributed by atoms with Crippen molar-refractivity contribution in [2.75, 3.05) is 0 Å². The van der Waals surface area contributed by atoms with Crippen molar-refractivity contribution in [1.82, 2.24) is 0 Å². The van der Waals surface area contributed by atoms with E-state index >= 15 is 0 Å². The third-order valence-electron chi connectivity index (χ3n) is 3.35. The van der Waals surface area contributed by atoms with Crippen molar-refractivity contribution < 1.29 is 18.6 Å². The van der Waals surface area contributed by atoms with Crippen LogP contribution in [-0.4, -0.2) is 5.11 Å². The lowest BCUT2D eigenvalue weighted by atomic mass is 9.95. The Morgan fingerprint density at radius 2 is 1.90 bits per heavy atom.